The fourth-order valence-corrected chi connectivity index (χ4v) is 2.52. The van der Waals surface area contributed by atoms with Gasteiger partial charge in [0, 0.05) is 6.20 Å². The van der Waals surface area contributed by atoms with Crippen molar-refractivity contribution in [2.24, 2.45) is 0 Å². The van der Waals surface area contributed by atoms with E-state index >= 15 is 0 Å². The predicted octanol–water partition coefficient (Wildman–Crippen LogP) is 2.02. The van der Waals surface area contributed by atoms with E-state index in [4.69, 9.17) is 0 Å². The van der Waals surface area contributed by atoms with Gasteiger partial charge >= 0.3 is 0 Å². The first-order valence-corrected chi connectivity index (χ1v) is 5.57. The molecule has 1 fully saturated rings. The van der Waals surface area contributed by atoms with Crippen LogP contribution in [-0.2, 0) is 16.6 Å². The number of anilines is 1. The van der Waals surface area contributed by atoms with Crippen LogP contribution < -0.4 is 5.32 Å². The van der Waals surface area contributed by atoms with Gasteiger partial charge in [0.15, 0.2) is 0 Å². The van der Waals surface area contributed by atoms with Crippen molar-refractivity contribution in [2.45, 2.75) is 38.0 Å². The maximum Gasteiger partial charge on any atom is 0.236 e. The molecule has 78 valence electrons. The van der Waals surface area contributed by atoms with Crippen LogP contribution in [0.3, 0.4) is 0 Å². The molecule has 0 saturated heterocycles. The van der Waals surface area contributed by atoms with Crippen molar-refractivity contribution in [3.05, 3.63) is 23.5 Å². The van der Waals surface area contributed by atoms with Gasteiger partial charge in [0.2, 0.25) is 5.91 Å². The molecule has 3 heteroatoms. The smallest absolute Gasteiger partial charge is 0.236 e. The molecule has 2 heterocycles. The molecule has 1 aliphatic carbocycles. The summed E-state index contributed by atoms with van der Waals surface area (Å²) < 4.78 is 0. The highest BCUT2D eigenvalue weighted by molar-refractivity contribution is 6.06. The van der Waals surface area contributed by atoms with E-state index in [-0.39, 0.29) is 11.3 Å². The maximum atomic E-state index is 11.9. The molecule has 3 rings (SSSR count). The molecule has 0 unspecified atom stereocenters. The second-order valence-electron chi connectivity index (χ2n) is 4.48. The van der Waals surface area contributed by atoms with E-state index in [1.165, 1.54) is 5.56 Å². The Morgan fingerprint density at radius 1 is 1.53 bits per heavy atom. The van der Waals surface area contributed by atoms with Crippen LogP contribution >= 0.6 is 0 Å². The van der Waals surface area contributed by atoms with Gasteiger partial charge < -0.3 is 5.32 Å². The van der Waals surface area contributed by atoms with E-state index in [1.807, 2.05) is 6.20 Å². The number of pyridine rings is 1. The normalized spacial score (nSPS) is 21.0. The average molecular weight is 202 g/mol. The van der Waals surface area contributed by atoms with Crippen LogP contribution in [-0.4, -0.2) is 10.9 Å². The molecule has 2 aliphatic rings. The van der Waals surface area contributed by atoms with Gasteiger partial charge in [-0.25, -0.2) is 0 Å². The first-order valence-electron chi connectivity index (χ1n) is 5.57. The Balaban J connectivity index is 2.11. The Hall–Kier alpha value is -1.38. The molecule has 0 atom stereocenters. The monoisotopic (exact) mass is 202 g/mol. The number of aromatic nitrogens is 1. The predicted molar refractivity (Wildman–Crippen MR) is 57.8 cm³/mol. The molecule has 1 aliphatic heterocycles. The number of carbonyl (C=O) groups excluding carboxylic acids is 1. The number of carbonyl (C=O) groups is 1. The lowest BCUT2D eigenvalue weighted by molar-refractivity contribution is -0.123. The molecule has 0 radical (unpaired) electrons. The molecule has 1 saturated carbocycles. The molecule has 15 heavy (non-hydrogen) atoms. The number of hydrogen-bond donors (Lipinski definition) is 1. The number of rotatable bonds is 1. The molecule has 0 bridgehead atoms. The number of fused-ring (bicyclic) bond motifs is 2. The fourth-order valence-electron chi connectivity index (χ4n) is 2.52. The number of hydrogen-bond acceptors (Lipinski definition) is 2. The lowest BCUT2D eigenvalue weighted by atomic mass is 9.67. The van der Waals surface area contributed by atoms with Crippen LogP contribution in [0.15, 0.2) is 12.3 Å². The minimum atomic E-state index is -0.262. The number of nitrogens with one attached hydrogen (secondary N) is 1. The van der Waals surface area contributed by atoms with Gasteiger partial charge in [-0.2, -0.15) is 0 Å². The summed E-state index contributed by atoms with van der Waals surface area (Å²) in [6.45, 7) is 2.10. The Labute approximate surface area is 88.9 Å². The van der Waals surface area contributed by atoms with Crippen molar-refractivity contribution in [1.82, 2.24) is 4.98 Å². The third-order valence-corrected chi connectivity index (χ3v) is 3.70. The van der Waals surface area contributed by atoms with E-state index in [0.29, 0.717) is 0 Å². The van der Waals surface area contributed by atoms with Crippen LogP contribution in [0.1, 0.15) is 37.4 Å². The summed E-state index contributed by atoms with van der Waals surface area (Å²) in [5.41, 5.74) is 2.85. The summed E-state index contributed by atoms with van der Waals surface area (Å²) in [4.78, 5) is 16.4. The minimum absolute atomic E-state index is 0.157. The molecule has 1 aromatic rings. The molecule has 1 spiro atoms. The number of amides is 1. The fraction of sp³-hybridized carbons (Fsp3) is 0.500. The Morgan fingerprint density at radius 3 is 2.93 bits per heavy atom. The van der Waals surface area contributed by atoms with E-state index < -0.39 is 0 Å². The highest BCUT2D eigenvalue weighted by atomic mass is 16.2. The minimum Gasteiger partial charge on any atom is -0.324 e. The average Bonchev–Trinajstić information content (AvgIpc) is 2.47. The van der Waals surface area contributed by atoms with Crippen molar-refractivity contribution < 1.29 is 4.79 Å². The van der Waals surface area contributed by atoms with Crippen LogP contribution in [0, 0.1) is 0 Å². The standard InChI is InChI=1S/C12H14N2O/c1-2-8-6-9-10(13-7-8)12(4-3-5-12)11(15)14-9/h6-7H,2-5H2,1H3,(H,14,15). The molecule has 0 aromatic carbocycles. The van der Waals surface area contributed by atoms with Crippen molar-refractivity contribution >= 4 is 11.6 Å². The molecular formula is C12H14N2O. The topological polar surface area (TPSA) is 42.0 Å². The highest BCUT2D eigenvalue weighted by Crippen LogP contribution is 2.49. The van der Waals surface area contributed by atoms with E-state index in [2.05, 4.69) is 23.3 Å². The summed E-state index contributed by atoms with van der Waals surface area (Å²) in [6.07, 6.45) is 5.93. The van der Waals surface area contributed by atoms with Crippen LogP contribution in [0.4, 0.5) is 5.69 Å². The van der Waals surface area contributed by atoms with Gasteiger partial charge in [0.05, 0.1) is 16.8 Å². The molecule has 3 nitrogen and oxygen atoms in total. The zero-order valence-electron chi connectivity index (χ0n) is 8.84. The second kappa shape index (κ2) is 2.81. The van der Waals surface area contributed by atoms with Crippen LogP contribution in [0.25, 0.3) is 0 Å². The van der Waals surface area contributed by atoms with Crippen molar-refractivity contribution in [1.29, 1.82) is 0 Å². The summed E-state index contributed by atoms with van der Waals surface area (Å²) in [5, 5.41) is 2.96. The first kappa shape index (κ1) is 8.89. The molecule has 1 amide bonds. The van der Waals surface area contributed by atoms with Crippen molar-refractivity contribution in [3.63, 3.8) is 0 Å². The first-order chi connectivity index (χ1) is 7.26. The van der Waals surface area contributed by atoms with Gasteiger partial charge in [-0.3, -0.25) is 9.78 Å². The van der Waals surface area contributed by atoms with Gasteiger partial charge in [-0.15, -0.1) is 0 Å². The third-order valence-electron chi connectivity index (χ3n) is 3.70. The van der Waals surface area contributed by atoms with Crippen LogP contribution in [0.2, 0.25) is 0 Å². The largest absolute Gasteiger partial charge is 0.324 e. The van der Waals surface area contributed by atoms with Crippen LogP contribution in [0.5, 0.6) is 0 Å². The van der Waals surface area contributed by atoms with Gasteiger partial charge in [-0.1, -0.05) is 13.3 Å². The Kier molecular flexibility index (Phi) is 1.67. The lowest BCUT2D eigenvalue weighted by Gasteiger charge is -2.34. The lowest BCUT2D eigenvalue weighted by Crippen LogP contribution is -2.41. The summed E-state index contributed by atoms with van der Waals surface area (Å²) in [6, 6.07) is 2.06. The third kappa shape index (κ3) is 1.01. The van der Waals surface area contributed by atoms with E-state index in [9.17, 15) is 4.79 Å². The van der Waals surface area contributed by atoms with Gasteiger partial charge in [0.1, 0.15) is 0 Å². The maximum absolute atomic E-state index is 11.9. The molecule has 1 N–H and O–H groups in total. The Bertz CT molecular complexity index is 435. The quantitative estimate of drug-likeness (QED) is 0.757. The number of aryl methyl sites for hydroxylation is 1. The summed E-state index contributed by atoms with van der Waals surface area (Å²) >= 11 is 0. The SMILES string of the molecule is CCc1cnc2c(c1)NC(=O)C21CCC1. The second-order valence-corrected chi connectivity index (χ2v) is 4.48. The van der Waals surface area contributed by atoms with E-state index in [0.717, 1.165) is 37.1 Å². The molecule has 1 aromatic heterocycles. The molecular weight excluding hydrogens is 188 g/mol. The summed E-state index contributed by atoms with van der Waals surface area (Å²) in [5.74, 6) is 0.157. The summed E-state index contributed by atoms with van der Waals surface area (Å²) in [7, 11) is 0. The van der Waals surface area contributed by atoms with Crippen molar-refractivity contribution in [3.8, 4) is 0 Å². The zero-order valence-corrected chi connectivity index (χ0v) is 8.84. The van der Waals surface area contributed by atoms with E-state index in [1.54, 1.807) is 0 Å². The van der Waals surface area contributed by atoms with Gasteiger partial charge in [-0.05, 0) is 30.9 Å². The van der Waals surface area contributed by atoms with Gasteiger partial charge in [0.25, 0.3) is 0 Å². The van der Waals surface area contributed by atoms with Crippen molar-refractivity contribution in [2.75, 3.05) is 5.32 Å². The zero-order chi connectivity index (χ0) is 10.5. The highest BCUT2D eigenvalue weighted by Gasteiger charge is 2.52. The Morgan fingerprint density at radius 2 is 2.33 bits per heavy atom. The number of nitrogens with zero attached hydrogens (tertiary/aromatic N) is 1.